The molecule has 0 spiro atoms. The Kier molecular flexibility index (Phi) is 4.25. The lowest BCUT2D eigenvalue weighted by Gasteiger charge is -2.25. The lowest BCUT2D eigenvalue weighted by molar-refractivity contribution is 0.0940. The number of carbonyl (C=O) groups excluding carboxylic acids is 1. The number of aromatic nitrogens is 1. The van der Waals surface area contributed by atoms with Crippen LogP contribution < -0.4 is 14.8 Å². The van der Waals surface area contributed by atoms with Gasteiger partial charge in [0.05, 0.1) is 6.04 Å². The number of benzene rings is 1. The maximum atomic E-state index is 12.4. The summed E-state index contributed by atoms with van der Waals surface area (Å²) in [5, 5.41) is 3.00. The van der Waals surface area contributed by atoms with Crippen LogP contribution in [0.4, 0.5) is 0 Å². The smallest absolute Gasteiger partial charge is 0.251 e. The lowest BCUT2D eigenvalue weighted by Crippen LogP contribution is -2.35. The Morgan fingerprint density at radius 3 is 2.78 bits per heavy atom. The van der Waals surface area contributed by atoms with Crippen LogP contribution in [0.3, 0.4) is 0 Å². The monoisotopic (exact) mass is 315 g/mol. The molecule has 23 heavy (non-hydrogen) atoms. The van der Waals surface area contributed by atoms with E-state index in [1.165, 1.54) is 0 Å². The fourth-order valence-electron chi connectivity index (χ4n) is 2.70. The molecule has 1 N–H and O–H groups in total. The number of amides is 1. The molecule has 6 nitrogen and oxygen atoms in total. The number of fused-ring (bicyclic) bond motifs is 1. The third-order valence-corrected chi connectivity index (χ3v) is 4.04. The van der Waals surface area contributed by atoms with Crippen molar-refractivity contribution >= 4 is 5.91 Å². The topological polar surface area (TPSA) is 55.7 Å². The molecule has 1 aromatic heterocycles. The number of likely N-dealkylation sites (N-methyl/N-ethyl adjacent to an activating group) is 1. The number of nitrogens with one attached hydrogen (secondary N) is 1. The molecule has 0 radical (unpaired) electrons. The van der Waals surface area contributed by atoms with Gasteiger partial charge in [0.25, 0.3) is 5.91 Å². The number of rotatable bonds is 5. The van der Waals surface area contributed by atoms with Gasteiger partial charge in [-0.3, -0.25) is 9.69 Å². The molecular weight excluding hydrogens is 294 g/mol. The Labute approximate surface area is 135 Å². The molecule has 3 rings (SSSR count). The number of carbonyl (C=O) groups is 1. The molecular formula is C17H21N3O3. The van der Waals surface area contributed by atoms with E-state index in [1.807, 2.05) is 33.4 Å². The van der Waals surface area contributed by atoms with Gasteiger partial charge in [0, 0.05) is 31.0 Å². The van der Waals surface area contributed by atoms with E-state index in [0.717, 1.165) is 5.69 Å². The van der Waals surface area contributed by atoms with E-state index in [1.54, 1.807) is 18.2 Å². The number of hydrogen-bond donors (Lipinski definition) is 1. The van der Waals surface area contributed by atoms with Gasteiger partial charge in [0.15, 0.2) is 11.5 Å². The molecule has 0 aliphatic carbocycles. The normalized spacial score (nSPS) is 14.1. The fraction of sp³-hybridized carbons (Fsp3) is 0.353. The summed E-state index contributed by atoms with van der Waals surface area (Å²) in [5.41, 5.74) is 1.72. The first-order valence-electron chi connectivity index (χ1n) is 7.52. The van der Waals surface area contributed by atoms with E-state index in [-0.39, 0.29) is 18.7 Å². The summed E-state index contributed by atoms with van der Waals surface area (Å²) in [7, 11) is 6.01. The zero-order valence-corrected chi connectivity index (χ0v) is 13.6. The van der Waals surface area contributed by atoms with Gasteiger partial charge in [-0.2, -0.15) is 0 Å². The van der Waals surface area contributed by atoms with Crippen LogP contribution in [-0.4, -0.2) is 42.8 Å². The maximum Gasteiger partial charge on any atom is 0.251 e. The van der Waals surface area contributed by atoms with Crippen molar-refractivity contribution < 1.29 is 14.3 Å². The minimum absolute atomic E-state index is 0.105. The van der Waals surface area contributed by atoms with E-state index in [4.69, 9.17) is 9.47 Å². The largest absolute Gasteiger partial charge is 0.454 e. The third kappa shape index (κ3) is 3.17. The van der Waals surface area contributed by atoms with Crippen LogP contribution in [0.1, 0.15) is 22.1 Å². The van der Waals surface area contributed by atoms with E-state index in [9.17, 15) is 4.79 Å². The summed E-state index contributed by atoms with van der Waals surface area (Å²) in [6, 6.07) is 9.40. The molecule has 0 bridgehead atoms. The van der Waals surface area contributed by atoms with Crippen molar-refractivity contribution in [1.29, 1.82) is 0 Å². The number of aryl methyl sites for hydroxylation is 1. The van der Waals surface area contributed by atoms with Crippen molar-refractivity contribution in [3.05, 3.63) is 47.8 Å². The SMILES string of the molecule is CN(C)[C@H](CNC(=O)c1ccc2c(c1)OCO2)c1cccn1C. The lowest BCUT2D eigenvalue weighted by atomic mass is 10.1. The van der Waals surface area contributed by atoms with Gasteiger partial charge >= 0.3 is 0 Å². The fourth-order valence-corrected chi connectivity index (χ4v) is 2.70. The second-order valence-electron chi connectivity index (χ2n) is 5.80. The second kappa shape index (κ2) is 6.34. The molecule has 1 aliphatic heterocycles. The highest BCUT2D eigenvalue weighted by atomic mass is 16.7. The van der Waals surface area contributed by atoms with Crippen molar-refractivity contribution in [3.8, 4) is 11.5 Å². The highest BCUT2D eigenvalue weighted by molar-refractivity contribution is 5.94. The highest BCUT2D eigenvalue weighted by Gasteiger charge is 2.20. The predicted octanol–water partition coefficient (Wildman–Crippen LogP) is 1.79. The summed E-state index contributed by atoms with van der Waals surface area (Å²) in [6.45, 7) is 0.731. The van der Waals surface area contributed by atoms with Crippen molar-refractivity contribution in [2.75, 3.05) is 27.4 Å². The van der Waals surface area contributed by atoms with Gasteiger partial charge in [0.1, 0.15) is 0 Å². The molecule has 2 aromatic rings. The molecule has 0 unspecified atom stereocenters. The second-order valence-corrected chi connectivity index (χ2v) is 5.80. The number of hydrogen-bond acceptors (Lipinski definition) is 4. The summed E-state index contributed by atoms with van der Waals surface area (Å²) < 4.78 is 12.6. The predicted molar refractivity (Wildman–Crippen MR) is 86.7 cm³/mol. The maximum absolute atomic E-state index is 12.4. The van der Waals surface area contributed by atoms with Gasteiger partial charge in [-0.1, -0.05) is 0 Å². The molecule has 0 saturated carbocycles. The van der Waals surface area contributed by atoms with Crippen molar-refractivity contribution in [2.45, 2.75) is 6.04 Å². The van der Waals surface area contributed by atoms with Gasteiger partial charge in [-0.15, -0.1) is 0 Å². The Bertz CT molecular complexity index is 709. The van der Waals surface area contributed by atoms with Crippen LogP contribution in [0.25, 0.3) is 0 Å². The average molecular weight is 315 g/mol. The Morgan fingerprint density at radius 2 is 2.09 bits per heavy atom. The van der Waals surface area contributed by atoms with Crippen molar-refractivity contribution in [3.63, 3.8) is 0 Å². The molecule has 122 valence electrons. The van der Waals surface area contributed by atoms with Crippen molar-refractivity contribution in [2.24, 2.45) is 7.05 Å². The molecule has 1 aromatic carbocycles. The van der Waals surface area contributed by atoms with Crippen LogP contribution in [0, 0.1) is 0 Å². The van der Waals surface area contributed by atoms with Gasteiger partial charge in [-0.05, 0) is 44.4 Å². The summed E-state index contributed by atoms with van der Waals surface area (Å²) in [5.74, 6) is 1.17. The quantitative estimate of drug-likeness (QED) is 0.914. The van der Waals surface area contributed by atoms with Crippen LogP contribution in [0.15, 0.2) is 36.5 Å². The van der Waals surface area contributed by atoms with E-state index >= 15 is 0 Å². The van der Waals surface area contributed by atoms with Crippen LogP contribution in [-0.2, 0) is 7.05 Å². The first-order chi connectivity index (χ1) is 11.1. The average Bonchev–Trinajstić information content (AvgIpc) is 3.15. The van der Waals surface area contributed by atoms with Crippen molar-refractivity contribution in [1.82, 2.24) is 14.8 Å². The first-order valence-corrected chi connectivity index (χ1v) is 7.52. The molecule has 0 saturated heterocycles. The molecule has 2 heterocycles. The molecule has 0 fully saturated rings. The van der Waals surface area contributed by atoms with Gasteiger partial charge in [-0.25, -0.2) is 0 Å². The number of nitrogens with zero attached hydrogens (tertiary/aromatic N) is 2. The van der Waals surface area contributed by atoms with E-state index in [2.05, 4.69) is 20.9 Å². The van der Waals surface area contributed by atoms with Crippen LogP contribution in [0.2, 0.25) is 0 Å². The number of ether oxygens (including phenoxy) is 2. The zero-order chi connectivity index (χ0) is 16.4. The third-order valence-electron chi connectivity index (χ3n) is 4.04. The Hall–Kier alpha value is -2.47. The zero-order valence-electron chi connectivity index (χ0n) is 13.6. The minimum atomic E-state index is -0.121. The van der Waals surface area contributed by atoms with Crippen LogP contribution in [0.5, 0.6) is 11.5 Å². The summed E-state index contributed by atoms with van der Waals surface area (Å²) >= 11 is 0. The Balaban J connectivity index is 1.69. The van der Waals surface area contributed by atoms with Gasteiger partial charge < -0.3 is 19.4 Å². The first kappa shape index (κ1) is 15.4. The minimum Gasteiger partial charge on any atom is -0.454 e. The molecule has 1 amide bonds. The highest BCUT2D eigenvalue weighted by Crippen LogP contribution is 2.32. The molecule has 6 heteroatoms. The van der Waals surface area contributed by atoms with Crippen LogP contribution >= 0.6 is 0 Å². The summed E-state index contributed by atoms with van der Waals surface area (Å²) in [6.07, 6.45) is 2.01. The summed E-state index contributed by atoms with van der Waals surface area (Å²) in [4.78, 5) is 14.5. The molecule has 1 aliphatic rings. The molecule has 1 atom stereocenters. The van der Waals surface area contributed by atoms with E-state index in [0.29, 0.717) is 23.6 Å². The Morgan fingerprint density at radius 1 is 1.30 bits per heavy atom. The van der Waals surface area contributed by atoms with E-state index < -0.39 is 0 Å². The van der Waals surface area contributed by atoms with Gasteiger partial charge in [0.2, 0.25) is 6.79 Å². The standard InChI is InChI=1S/C17H21N3O3/c1-19(2)14(13-5-4-8-20(13)3)10-18-17(21)12-6-7-15-16(9-12)23-11-22-15/h4-9,14H,10-11H2,1-3H3,(H,18,21)/t14-/m1/s1.